The van der Waals surface area contributed by atoms with E-state index in [1.807, 2.05) is 14.1 Å². The highest BCUT2D eigenvalue weighted by Gasteiger charge is 2.35. The van der Waals surface area contributed by atoms with Crippen LogP contribution in [0.5, 0.6) is 0 Å². The first-order valence-corrected chi connectivity index (χ1v) is 8.35. The number of rotatable bonds is 3. The number of nitrogens with zero attached hydrogens (tertiary/aromatic N) is 2. The van der Waals surface area contributed by atoms with Crippen LogP contribution in [0.3, 0.4) is 0 Å². The number of amides is 1. The summed E-state index contributed by atoms with van der Waals surface area (Å²) in [7, 11) is 0.560. The summed E-state index contributed by atoms with van der Waals surface area (Å²) in [4.78, 5) is 16.1. The summed E-state index contributed by atoms with van der Waals surface area (Å²) >= 11 is 0. The number of hydrogen-bond donors (Lipinski definition) is 0. The first-order valence-electron chi connectivity index (χ1n) is 6.45. The fourth-order valence-corrected chi connectivity index (χ4v) is 3.13. The highest BCUT2D eigenvalue weighted by atomic mass is 32.2. The molecule has 2 atom stereocenters. The second kappa shape index (κ2) is 5.21. The predicted molar refractivity (Wildman–Crippen MR) is 74.4 cm³/mol. The number of sulfone groups is 1. The molecule has 1 aromatic rings. The molecule has 1 saturated heterocycles. The standard InChI is InChI=1S/C13H20N2O4S/c1-9-7-15(8-10(9)14(2)3)13(16)11-5-6-12(19-11)20(4,17)18/h5-6,9-10H,7-8H2,1-4H3. The third-order valence-corrected chi connectivity index (χ3v) is 4.63. The lowest BCUT2D eigenvalue weighted by Crippen LogP contribution is -2.35. The molecular formula is C13H20N2O4S. The summed E-state index contributed by atoms with van der Waals surface area (Å²) in [5, 5.41) is -0.169. The SMILES string of the molecule is CC1CN(C(=O)c2ccc(S(C)(=O)=O)o2)CC1N(C)C. The van der Waals surface area contributed by atoms with Crippen molar-refractivity contribution in [2.24, 2.45) is 5.92 Å². The monoisotopic (exact) mass is 300 g/mol. The second-order valence-electron chi connectivity index (χ2n) is 5.61. The van der Waals surface area contributed by atoms with Gasteiger partial charge in [0.1, 0.15) is 0 Å². The van der Waals surface area contributed by atoms with Crippen molar-refractivity contribution in [3.05, 3.63) is 17.9 Å². The summed E-state index contributed by atoms with van der Waals surface area (Å²) in [6, 6.07) is 3.06. The third-order valence-electron chi connectivity index (χ3n) is 3.68. The molecule has 2 unspecified atom stereocenters. The smallest absolute Gasteiger partial charge is 0.289 e. The largest absolute Gasteiger partial charge is 0.440 e. The molecule has 1 aliphatic rings. The molecule has 112 valence electrons. The summed E-state index contributed by atoms with van der Waals surface area (Å²) in [5.74, 6) is 0.200. The molecule has 2 heterocycles. The van der Waals surface area contributed by atoms with E-state index in [4.69, 9.17) is 4.42 Å². The Kier molecular flexibility index (Phi) is 3.93. The minimum absolute atomic E-state index is 0.0806. The van der Waals surface area contributed by atoms with Crippen molar-refractivity contribution in [1.29, 1.82) is 0 Å². The number of likely N-dealkylation sites (N-methyl/N-ethyl adjacent to an activating group) is 1. The van der Waals surface area contributed by atoms with Gasteiger partial charge >= 0.3 is 0 Å². The highest BCUT2D eigenvalue weighted by Crippen LogP contribution is 2.23. The zero-order chi connectivity index (χ0) is 15.1. The molecule has 0 radical (unpaired) electrons. The normalized spacial score (nSPS) is 23.6. The lowest BCUT2D eigenvalue weighted by atomic mass is 10.1. The first-order chi connectivity index (χ1) is 9.20. The predicted octanol–water partition coefficient (Wildman–Crippen LogP) is 0.705. The molecule has 1 aliphatic heterocycles. The van der Waals surface area contributed by atoms with E-state index in [-0.39, 0.29) is 16.8 Å². The van der Waals surface area contributed by atoms with Crippen molar-refractivity contribution in [2.45, 2.75) is 18.1 Å². The molecule has 0 N–H and O–H groups in total. The molecule has 0 aromatic carbocycles. The van der Waals surface area contributed by atoms with Gasteiger partial charge in [-0.3, -0.25) is 4.79 Å². The molecule has 0 aliphatic carbocycles. The molecule has 0 saturated carbocycles. The first kappa shape index (κ1) is 15.1. The number of carbonyl (C=O) groups excluding carboxylic acids is 1. The van der Waals surface area contributed by atoms with Gasteiger partial charge in [-0.2, -0.15) is 0 Å². The summed E-state index contributed by atoms with van der Waals surface area (Å²) in [6.07, 6.45) is 1.06. The Morgan fingerprint density at radius 2 is 2.00 bits per heavy atom. The van der Waals surface area contributed by atoms with Gasteiger partial charge in [-0.05, 0) is 32.1 Å². The molecule has 1 aromatic heterocycles. The van der Waals surface area contributed by atoms with Crippen LogP contribution in [0, 0.1) is 5.92 Å². The van der Waals surface area contributed by atoms with Crippen LogP contribution in [0.4, 0.5) is 0 Å². The topological polar surface area (TPSA) is 70.8 Å². The molecule has 0 spiro atoms. The van der Waals surface area contributed by atoms with Crippen LogP contribution < -0.4 is 0 Å². The Morgan fingerprint density at radius 1 is 1.35 bits per heavy atom. The van der Waals surface area contributed by atoms with Crippen LogP contribution in [0.2, 0.25) is 0 Å². The number of furan rings is 1. The Morgan fingerprint density at radius 3 is 2.45 bits per heavy atom. The Labute approximate surface area is 119 Å². The van der Waals surface area contributed by atoms with Gasteiger partial charge in [-0.1, -0.05) is 6.92 Å². The fourth-order valence-electron chi connectivity index (χ4n) is 2.58. The van der Waals surface area contributed by atoms with Crippen LogP contribution in [0.25, 0.3) is 0 Å². The Bertz CT molecular complexity index is 606. The van der Waals surface area contributed by atoms with Gasteiger partial charge in [0.15, 0.2) is 5.76 Å². The zero-order valence-electron chi connectivity index (χ0n) is 12.2. The van der Waals surface area contributed by atoms with Crippen LogP contribution >= 0.6 is 0 Å². The van der Waals surface area contributed by atoms with Gasteiger partial charge in [0.05, 0.1) is 0 Å². The van der Waals surface area contributed by atoms with Crippen molar-refractivity contribution < 1.29 is 17.6 Å². The van der Waals surface area contributed by atoms with Crippen LogP contribution in [-0.2, 0) is 9.84 Å². The number of carbonyl (C=O) groups is 1. The van der Waals surface area contributed by atoms with Gasteiger partial charge in [0.2, 0.25) is 14.9 Å². The maximum absolute atomic E-state index is 12.3. The molecule has 1 fully saturated rings. The Balaban J connectivity index is 2.15. The van der Waals surface area contributed by atoms with Crippen molar-refractivity contribution in [3.63, 3.8) is 0 Å². The zero-order valence-corrected chi connectivity index (χ0v) is 13.0. The summed E-state index contributed by atoms with van der Waals surface area (Å²) in [6.45, 7) is 3.38. The van der Waals surface area contributed by atoms with Crippen LogP contribution in [-0.4, -0.2) is 63.6 Å². The Hall–Kier alpha value is -1.34. The van der Waals surface area contributed by atoms with Crippen molar-refractivity contribution in [1.82, 2.24) is 9.80 Å². The summed E-state index contributed by atoms with van der Waals surface area (Å²) < 4.78 is 27.9. The van der Waals surface area contributed by atoms with E-state index in [1.165, 1.54) is 12.1 Å². The van der Waals surface area contributed by atoms with Crippen LogP contribution in [0.15, 0.2) is 21.6 Å². The van der Waals surface area contributed by atoms with Crippen molar-refractivity contribution >= 4 is 15.7 Å². The molecular weight excluding hydrogens is 280 g/mol. The van der Waals surface area contributed by atoms with Crippen molar-refractivity contribution in [3.8, 4) is 0 Å². The highest BCUT2D eigenvalue weighted by molar-refractivity contribution is 7.90. The quantitative estimate of drug-likeness (QED) is 0.822. The van der Waals surface area contributed by atoms with Gasteiger partial charge in [0, 0.05) is 25.4 Å². The summed E-state index contributed by atoms with van der Waals surface area (Å²) in [5.41, 5.74) is 0. The second-order valence-corrected chi connectivity index (χ2v) is 7.56. The van der Waals surface area contributed by atoms with Gasteiger partial charge in [-0.25, -0.2) is 8.42 Å². The molecule has 7 heteroatoms. The average Bonchev–Trinajstić information content (AvgIpc) is 2.93. The average molecular weight is 300 g/mol. The van der Waals surface area contributed by atoms with Gasteiger partial charge in [-0.15, -0.1) is 0 Å². The van der Waals surface area contributed by atoms with Crippen molar-refractivity contribution in [2.75, 3.05) is 33.4 Å². The maximum Gasteiger partial charge on any atom is 0.289 e. The van der Waals surface area contributed by atoms with Gasteiger partial charge in [0.25, 0.3) is 5.91 Å². The lowest BCUT2D eigenvalue weighted by molar-refractivity contribution is 0.0744. The van der Waals surface area contributed by atoms with Gasteiger partial charge < -0.3 is 14.2 Å². The van der Waals surface area contributed by atoms with Crippen LogP contribution in [0.1, 0.15) is 17.5 Å². The van der Waals surface area contributed by atoms with E-state index in [0.717, 1.165) is 6.26 Å². The third kappa shape index (κ3) is 2.88. The maximum atomic E-state index is 12.3. The molecule has 6 nitrogen and oxygen atoms in total. The molecule has 2 rings (SSSR count). The van der Waals surface area contributed by atoms with E-state index < -0.39 is 9.84 Å². The fraction of sp³-hybridized carbons (Fsp3) is 0.615. The van der Waals surface area contributed by atoms with E-state index in [2.05, 4.69) is 11.8 Å². The van der Waals surface area contributed by atoms with E-state index in [1.54, 1.807) is 4.90 Å². The van der Waals surface area contributed by atoms with E-state index in [9.17, 15) is 13.2 Å². The number of likely N-dealkylation sites (tertiary alicyclic amines) is 1. The minimum atomic E-state index is -3.42. The molecule has 20 heavy (non-hydrogen) atoms. The van der Waals surface area contributed by atoms with E-state index >= 15 is 0 Å². The minimum Gasteiger partial charge on any atom is -0.440 e. The lowest BCUT2D eigenvalue weighted by Gasteiger charge is -2.22. The number of hydrogen-bond acceptors (Lipinski definition) is 5. The van der Waals surface area contributed by atoms with E-state index in [0.29, 0.717) is 25.0 Å². The molecule has 1 amide bonds. The molecule has 0 bridgehead atoms.